The van der Waals surface area contributed by atoms with Crippen molar-refractivity contribution < 1.29 is 0 Å². The van der Waals surface area contributed by atoms with Crippen LogP contribution < -0.4 is 5.32 Å². The van der Waals surface area contributed by atoms with E-state index in [4.69, 9.17) is 4.98 Å². The van der Waals surface area contributed by atoms with Gasteiger partial charge in [0.05, 0.1) is 23.1 Å². The van der Waals surface area contributed by atoms with E-state index in [1.807, 2.05) is 67.3 Å². The molecule has 0 atom stereocenters. The van der Waals surface area contributed by atoms with Gasteiger partial charge in [-0.1, -0.05) is 29.5 Å². The molecule has 0 radical (unpaired) electrons. The number of fused-ring (bicyclic) bond motifs is 2. The van der Waals surface area contributed by atoms with Crippen molar-refractivity contribution in [3.05, 3.63) is 54.7 Å². The third kappa shape index (κ3) is 3.35. The Balaban J connectivity index is 1.52. The van der Waals surface area contributed by atoms with Gasteiger partial charge >= 0.3 is 0 Å². The zero-order valence-electron chi connectivity index (χ0n) is 16.7. The van der Waals surface area contributed by atoms with Crippen molar-refractivity contribution in [3.63, 3.8) is 0 Å². The molecule has 0 aliphatic carbocycles. The summed E-state index contributed by atoms with van der Waals surface area (Å²) in [6, 6.07) is 15.9. The monoisotopic (exact) mass is 399 g/mol. The van der Waals surface area contributed by atoms with E-state index < -0.39 is 0 Å². The SMILES string of the molecule is CN(C)CCNc1cnc2n[nH]c(-c3cccc(-n4nnc5ccccc54)c3)c2n1. The largest absolute Gasteiger partial charge is 0.367 e. The Hall–Kier alpha value is -3.85. The Morgan fingerprint density at radius 2 is 2.00 bits per heavy atom. The molecule has 0 saturated heterocycles. The summed E-state index contributed by atoms with van der Waals surface area (Å²) in [5.74, 6) is 0.727. The second kappa shape index (κ2) is 7.53. The summed E-state index contributed by atoms with van der Waals surface area (Å²) in [5, 5.41) is 19.3. The van der Waals surface area contributed by atoms with Crippen molar-refractivity contribution in [3.8, 4) is 16.9 Å². The molecular weight excluding hydrogens is 378 g/mol. The Labute approximate surface area is 172 Å². The van der Waals surface area contributed by atoms with Crippen LogP contribution in [0.4, 0.5) is 5.82 Å². The number of para-hydroxylation sites is 1. The Morgan fingerprint density at radius 3 is 2.90 bits per heavy atom. The van der Waals surface area contributed by atoms with Gasteiger partial charge in [-0.25, -0.2) is 14.6 Å². The topological polar surface area (TPSA) is 100 Å². The number of nitrogens with zero attached hydrogens (tertiary/aromatic N) is 7. The number of nitrogens with one attached hydrogen (secondary N) is 2. The highest BCUT2D eigenvalue weighted by Gasteiger charge is 2.13. The molecule has 0 unspecified atom stereocenters. The molecule has 0 bridgehead atoms. The molecule has 0 fully saturated rings. The summed E-state index contributed by atoms with van der Waals surface area (Å²) in [7, 11) is 4.08. The molecule has 2 aromatic carbocycles. The van der Waals surface area contributed by atoms with Gasteiger partial charge < -0.3 is 10.2 Å². The van der Waals surface area contributed by atoms with Crippen molar-refractivity contribution in [1.29, 1.82) is 0 Å². The predicted octanol–water partition coefficient (Wildman–Crippen LogP) is 2.73. The highest BCUT2D eigenvalue weighted by Crippen LogP contribution is 2.27. The lowest BCUT2D eigenvalue weighted by atomic mass is 10.1. The predicted molar refractivity (Wildman–Crippen MR) is 117 cm³/mol. The molecule has 0 saturated carbocycles. The highest BCUT2D eigenvalue weighted by atomic mass is 15.4. The first-order chi connectivity index (χ1) is 14.7. The van der Waals surface area contributed by atoms with Gasteiger partial charge in [-0.3, -0.25) is 5.10 Å². The lowest BCUT2D eigenvalue weighted by molar-refractivity contribution is 0.425. The van der Waals surface area contributed by atoms with Crippen molar-refractivity contribution in [2.45, 2.75) is 0 Å². The maximum Gasteiger partial charge on any atom is 0.200 e. The zero-order valence-corrected chi connectivity index (χ0v) is 16.7. The second-order valence-electron chi connectivity index (χ2n) is 7.30. The third-order valence-electron chi connectivity index (χ3n) is 4.86. The number of aromatic amines is 1. The minimum Gasteiger partial charge on any atom is -0.367 e. The van der Waals surface area contributed by atoms with Crippen LogP contribution in [0.5, 0.6) is 0 Å². The average Bonchev–Trinajstić information content (AvgIpc) is 3.38. The van der Waals surface area contributed by atoms with Crippen LogP contribution in [0.15, 0.2) is 54.7 Å². The highest BCUT2D eigenvalue weighted by molar-refractivity contribution is 5.88. The van der Waals surface area contributed by atoms with E-state index in [2.05, 4.69) is 35.7 Å². The maximum absolute atomic E-state index is 4.73. The van der Waals surface area contributed by atoms with Crippen LogP contribution in [0.1, 0.15) is 0 Å². The van der Waals surface area contributed by atoms with Crippen LogP contribution >= 0.6 is 0 Å². The van der Waals surface area contributed by atoms with E-state index in [-0.39, 0.29) is 0 Å². The number of benzene rings is 2. The van der Waals surface area contributed by atoms with Crippen LogP contribution in [0, 0.1) is 0 Å². The summed E-state index contributed by atoms with van der Waals surface area (Å²) in [4.78, 5) is 11.3. The fraction of sp³-hybridized carbons (Fsp3) is 0.190. The number of rotatable bonds is 6. The molecule has 150 valence electrons. The molecule has 2 N–H and O–H groups in total. The van der Waals surface area contributed by atoms with Gasteiger partial charge in [-0.2, -0.15) is 5.10 Å². The molecular formula is C21H21N9. The first-order valence-corrected chi connectivity index (χ1v) is 9.70. The van der Waals surface area contributed by atoms with Gasteiger partial charge in [0, 0.05) is 18.7 Å². The number of likely N-dealkylation sites (N-methyl/N-ethyl adjacent to an activating group) is 1. The third-order valence-corrected chi connectivity index (χ3v) is 4.86. The van der Waals surface area contributed by atoms with Gasteiger partial charge in [0.1, 0.15) is 16.9 Å². The number of anilines is 1. The molecule has 9 heteroatoms. The van der Waals surface area contributed by atoms with Crippen LogP contribution in [0.2, 0.25) is 0 Å². The van der Waals surface area contributed by atoms with Gasteiger partial charge in [-0.05, 0) is 38.4 Å². The summed E-state index contributed by atoms with van der Waals surface area (Å²) < 4.78 is 1.83. The fourth-order valence-corrected chi connectivity index (χ4v) is 3.34. The maximum atomic E-state index is 4.73. The van der Waals surface area contributed by atoms with E-state index in [0.29, 0.717) is 5.65 Å². The molecule has 3 heterocycles. The van der Waals surface area contributed by atoms with Gasteiger partial charge in [0.15, 0.2) is 5.65 Å². The van der Waals surface area contributed by atoms with Gasteiger partial charge in [0.2, 0.25) is 0 Å². The van der Waals surface area contributed by atoms with E-state index in [9.17, 15) is 0 Å². The second-order valence-corrected chi connectivity index (χ2v) is 7.30. The average molecular weight is 399 g/mol. The van der Waals surface area contributed by atoms with Crippen molar-refractivity contribution in [2.24, 2.45) is 0 Å². The standard InChI is InChI=1S/C21H21N9/c1-29(2)11-10-22-18-13-23-21-20(24-18)19(26-27-21)14-6-5-7-15(12-14)30-17-9-4-3-8-16(17)25-28-30/h3-9,12-13H,10-11H2,1-2H3,(H,22,24)(H,23,26,27). The number of H-pyrrole nitrogens is 1. The first kappa shape index (κ1) is 18.2. The Morgan fingerprint density at radius 1 is 1.10 bits per heavy atom. The van der Waals surface area contributed by atoms with E-state index in [1.165, 1.54) is 0 Å². The molecule has 9 nitrogen and oxygen atoms in total. The van der Waals surface area contributed by atoms with E-state index >= 15 is 0 Å². The molecule has 5 rings (SSSR count). The van der Waals surface area contributed by atoms with Crippen LogP contribution in [-0.4, -0.2) is 67.2 Å². The molecule has 0 aliphatic heterocycles. The minimum absolute atomic E-state index is 0.583. The quantitative estimate of drug-likeness (QED) is 0.453. The van der Waals surface area contributed by atoms with Crippen LogP contribution in [0.25, 0.3) is 39.1 Å². The normalized spacial score (nSPS) is 11.6. The van der Waals surface area contributed by atoms with Crippen LogP contribution in [-0.2, 0) is 0 Å². The fourth-order valence-electron chi connectivity index (χ4n) is 3.34. The number of hydrogen-bond donors (Lipinski definition) is 2. The molecule has 30 heavy (non-hydrogen) atoms. The first-order valence-electron chi connectivity index (χ1n) is 9.70. The zero-order chi connectivity index (χ0) is 20.5. The molecule has 0 spiro atoms. The van der Waals surface area contributed by atoms with E-state index in [1.54, 1.807) is 6.20 Å². The smallest absolute Gasteiger partial charge is 0.200 e. The van der Waals surface area contributed by atoms with Crippen molar-refractivity contribution in [1.82, 2.24) is 40.1 Å². The summed E-state index contributed by atoms with van der Waals surface area (Å²) in [5.41, 5.74) is 5.81. The summed E-state index contributed by atoms with van der Waals surface area (Å²) in [6.45, 7) is 1.70. The summed E-state index contributed by atoms with van der Waals surface area (Å²) in [6.07, 6.45) is 1.71. The number of aromatic nitrogens is 7. The van der Waals surface area contributed by atoms with Gasteiger partial charge in [0.25, 0.3) is 0 Å². The summed E-state index contributed by atoms with van der Waals surface area (Å²) >= 11 is 0. The lowest BCUT2D eigenvalue weighted by Crippen LogP contribution is -2.21. The van der Waals surface area contributed by atoms with Gasteiger partial charge in [-0.15, -0.1) is 5.10 Å². The molecule has 0 aliphatic rings. The lowest BCUT2D eigenvalue weighted by Gasteiger charge is -2.10. The van der Waals surface area contributed by atoms with Crippen molar-refractivity contribution >= 4 is 28.0 Å². The molecule has 3 aromatic heterocycles. The minimum atomic E-state index is 0.583. The van der Waals surface area contributed by atoms with E-state index in [0.717, 1.165) is 52.4 Å². The molecule has 0 amide bonds. The Kier molecular flexibility index (Phi) is 4.56. The van der Waals surface area contributed by atoms with Crippen molar-refractivity contribution in [2.75, 3.05) is 32.5 Å². The number of hydrogen-bond acceptors (Lipinski definition) is 7. The van der Waals surface area contributed by atoms with Crippen LogP contribution in [0.3, 0.4) is 0 Å². The Bertz CT molecular complexity index is 1320. The molecule has 5 aromatic rings.